The molecule has 0 spiro atoms. The summed E-state index contributed by atoms with van der Waals surface area (Å²) in [7, 11) is 0. The molecular weight excluding hydrogens is 216 g/mol. The highest BCUT2D eigenvalue weighted by Gasteiger charge is 2.32. The maximum atomic E-state index is 11.0. The lowest BCUT2D eigenvalue weighted by atomic mass is 10.1. The normalized spacial score (nSPS) is 14.8. The van der Waals surface area contributed by atoms with Crippen molar-refractivity contribution in [3.8, 4) is 0 Å². The van der Waals surface area contributed by atoms with Gasteiger partial charge in [0.25, 0.3) is 5.22 Å². The van der Waals surface area contributed by atoms with Gasteiger partial charge in [0.1, 0.15) is 11.8 Å². The van der Waals surface area contributed by atoms with E-state index in [0.717, 1.165) is 0 Å². The quantitative estimate of drug-likeness (QED) is 0.716. The Morgan fingerprint density at radius 2 is 2.53 bits per heavy atom. The van der Waals surface area contributed by atoms with Crippen molar-refractivity contribution in [2.24, 2.45) is 0 Å². The highest BCUT2D eigenvalue weighted by atomic mass is 32.2. The Balaban J connectivity index is 2.56. The molecule has 0 aliphatic carbocycles. The Morgan fingerprint density at radius 3 is 3.00 bits per heavy atom. The molecule has 1 unspecified atom stereocenters. The number of thioether (sulfide) groups is 1. The van der Waals surface area contributed by atoms with Crippen molar-refractivity contribution in [3.05, 3.63) is 12.5 Å². The summed E-state index contributed by atoms with van der Waals surface area (Å²) < 4.78 is 5.02. The number of carboxylic acids is 1. The van der Waals surface area contributed by atoms with Crippen molar-refractivity contribution in [1.29, 1.82) is 0 Å². The number of carbonyl (C=O) groups is 1. The van der Waals surface area contributed by atoms with Crippen LogP contribution in [-0.2, 0) is 4.79 Å². The molecule has 0 bridgehead atoms. The maximum Gasteiger partial charge on any atom is 0.324 e. The monoisotopic (exact) mass is 230 g/mol. The van der Waals surface area contributed by atoms with Crippen molar-refractivity contribution in [2.45, 2.75) is 24.6 Å². The number of aromatic nitrogens is 1. The standard InChI is InChI=1S/C9H14N2O3S/c1-3-11-9(2,7(12)13)6-15-8-10-4-5-14-8/h4-5,11H,3,6H2,1-2H3,(H,12,13). The third-order valence-electron chi connectivity index (χ3n) is 1.93. The topological polar surface area (TPSA) is 75.4 Å². The van der Waals surface area contributed by atoms with Gasteiger partial charge in [-0.05, 0) is 13.5 Å². The van der Waals surface area contributed by atoms with Gasteiger partial charge in [-0.1, -0.05) is 18.7 Å². The molecule has 1 rings (SSSR count). The van der Waals surface area contributed by atoms with Crippen LogP contribution in [0.25, 0.3) is 0 Å². The second-order valence-electron chi connectivity index (χ2n) is 3.25. The first kappa shape index (κ1) is 12.1. The lowest BCUT2D eigenvalue weighted by Gasteiger charge is -2.24. The summed E-state index contributed by atoms with van der Waals surface area (Å²) in [5.74, 6) is -0.500. The van der Waals surface area contributed by atoms with Crippen molar-refractivity contribution in [3.63, 3.8) is 0 Å². The maximum absolute atomic E-state index is 11.0. The minimum atomic E-state index is -0.951. The van der Waals surface area contributed by atoms with Crippen molar-refractivity contribution < 1.29 is 14.3 Å². The van der Waals surface area contributed by atoms with E-state index >= 15 is 0 Å². The van der Waals surface area contributed by atoms with Gasteiger partial charge in [0, 0.05) is 5.75 Å². The molecule has 1 aromatic rings. The van der Waals surface area contributed by atoms with E-state index in [1.165, 1.54) is 24.2 Å². The zero-order valence-corrected chi connectivity index (χ0v) is 9.50. The van der Waals surface area contributed by atoms with Crippen molar-refractivity contribution >= 4 is 17.7 Å². The molecule has 1 aromatic heterocycles. The van der Waals surface area contributed by atoms with Crippen LogP contribution in [0.1, 0.15) is 13.8 Å². The van der Waals surface area contributed by atoms with Crippen LogP contribution < -0.4 is 5.32 Å². The second-order valence-corrected chi connectivity index (χ2v) is 4.18. The molecule has 1 heterocycles. The van der Waals surface area contributed by atoms with Gasteiger partial charge in [-0.3, -0.25) is 4.79 Å². The molecule has 0 radical (unpaired) electrons. The summed E-state index contributed by atoms with van der Waals surface area (Å²) >= 11 is 1.28. The van der Waals surface area contributed by atoms with Crippen LogP contribution in [-0.4, -0.2) is 33.9 Å². The van der Waals surface area contributed by atoms with Gasteiger partial charge < -0.3 is 14.8 Å². The Kier molecular flexibility index (Phi) is 4.16. The molecule has 2 N–H and O–H groups in total. The number of oxazole rings is 1. The number of carboxylic acid groups (broad SMARTS) is 1. The summed E-state index contributed by atoms with van der Waals surface area (Å²) in [6, 6.07) is 0. The van der Waals surface area contributed by atoms with Crippen molar-refractivity contribution in [1.82, 2.24) is 10.3 Å². The van der Waals surface area contributed by atoms with E-state index in [1.54, 1.807) is 6.92 Å². The molecule has 0 aliphatic rings. The molecule has 84 valence electrons. The molecule has 0 aromatic carbocycles. The molecule has 1 atom stereocenters. The molecule has 0 amide bonds. The number of rotatable bonds is 6. The summed E-state index contributed by atoms with van der Waals surface area (Å²) in [6.07, 6.45) is 3.00. The minimum Gasteiger partial charge on any atom is -0.480 e. The molecular formula is C9H14N2O3S. The highest BCUT2D eigenvalue weighted by molar-refractivity contribution is 7.99. The van der Waals surface area contributed by atoms with Crippen LogP contribution in [0.15, 0.2) is 22.1 Å². The number of nitrogens with zero attached hydrogens (tertiary/aromatic N) is 1. The van der Waals surface area contributed by atoms with E-state index in [1.807, 2.05) is 6.92 Å². The average molecular weight is 230 g/mol. The Labute approximate surface area is 92.3 Å². The fourth-order valence-electron chi connectivity index (χ4n) is 1.07. The fraction of sp³-hybridized carbons (Fsp3) is 0.556. The van der Waals surface area contributed by atoms with Crippen molar-refractivity contribution in [2.75, 3.05) is 12.3 Å². The van der Waals surface area contributed by atoms with Crippen LogP contribution >= 0.6 is 11.8 Å². The first-order chi connectivity index (χ1) is 7.08. The molecule has 0 saturated heterocycles. The molecule has 0 saturated carbocycles. The van der Waals surface area contributed by atoms with E-state index in [2.05, 4.69) is 10.3 Å². The summed E-state index contributed by atoms with van der Waals surface area (Å²) in [6.45, 7) is 4.13. The van der Waals surface area contributed by atoms with Crippen LogP contribution in [0.3, 0.4) is 0 Å². The molecule has 6 heteroatoms. The van der Waals surface area contributed by atoms with Gasteiger partial charge in [0.15, 0.2) is 0 Å². The summed E-state index contributed by atoms with van der Waals surface area (Å²) in [5, 5.41) is 12.5. The van der Waals surface area contributed by atoms with Gasteiger partial charge in [0.2, 0.25) is 0 Å². The first-order valence-corrected chi connectivity index (χ1v) is 5.58. The Bertz CT molecular complexity index is 315. The molecule has 15 heavy (non-hydrogen) atoms. The average Bonchev–Trinajstić information content (AvgIpc) is 2.67. The first-order valence-electron chi connectivity index (χ1n) is 4.59. The summed E-state index contributed by atoms with van der Waals surface area (Å²) in [5.41, 5.74) is -0.951. The Morgan fingerprint density at radius 1 is 1.80 bits per heavy atom. The van der Waals surface area contributed by atoms with Gasteiger partial charge in [0.05, 0.1) is 6.20 Å². The van der Waals surface area contributed by atoms with Gasteiger partial charge in [-0.15, -0.1) is 0 Å². The second kappa shape index (κ2) is 5.18. The Hall–Kier alpha value is -1.01. The number of likely N-dealkylation sites (N-methyl/N-ethyl adjacent to an activating group) is 1. The van der Waals surface area contributed by atoms with E-state index in [9.17, 15) is 4.79 Å². The van der Waals surface area contributed by atoms with E-state index in [-0.39, 0.29) is 0 Å². The lowest BCUT2D eigenvalue weighted by Crippen LogP contribution is -2.51. The third-order valence-corrected chi connectivity index (χ3v) is 3.10. The third kappa shape index (κ3) is 3.24. The highest BCUT2D eigenvalue weighted by Crippen LogP contribution is 2.21. The molecule has 5 nitrogen and oxygen atoms in total. The van der Waals surface area contributed by atoms with Crippen LogP contribution in [0.4, 0.5) is 0 Å². The summed E-state index contributed by atoms with van der Waals surface area (Å²) in [4.78, 5) is 15.0. The SMILES string of the molecule is CCNC(C)(CSc1ncco1)C(=O)O. The molecule has 0 aliphatic heterocycles. The predicted molar refractivity (Wildman–Crippen MR) is 56.9 cm³/mol. The van der Waals surface area contributed by atoms with Crippen LogP contribution in [0.5, 0.6) is 0 Å². The zero-order valence-electron chi connectivity index (χ0n) is 8.69. The van der Waals surface area contributed by atoms with Gasteiger partial charge >= 0.3 is 5.97 Å². The van der Waals surface area contributed by atoms with Gasteiger partial charge in [-0.25, -0.2) is 4.98 Å². The number of hydrogen-bond acceptors (Lipinski definition) is 5. The van der Waals surface area contributed by atoms with E-state index in [0.29, 0.717) is 17.5 Å². The minimum absolute atomic E-state index is 0.372. The van der Waals surface area contributed by atoms with E-state index < -0.39 is 11.5 Å². The van der Waals surface area contributed by atoms with Gasteiger partial charge in [-0.2, -0.15) is 0 Å². The number of aliphatic carboxylic acids is 1. The fourth-order valence-corrected chi connectivity index (χ4v) is 1.96. The van der Waals surface area contributed by atoms with Crippen LogP contribution in [0, 0.1) is 0 Å². The van der Waals surface area contributed by atoms with Crippen LogP contribution in [0.2, 0.25) is 0 Å². The largest absolute Gasteiger partial charge is 0.480 e. The van der Waals surface area contributed by atoms with E-state index in [4.69, 9.17) is 9.52 Å². The lowest BCUT2D eigenvalue weighted by molar-refractivity contribution is -0.143. The predicted octanol–water partition coefficient (Wildman–Crippen LogP) is 1.22. The number of hydrogen-bond donors (Lipinski definition) is 2. The number of nitrogens with one attached hydrogen (secondary N) is 1. The molecule has 0 fully saturated rings. The smallest absolute Gasteiger partial charge is 0.324 e. The zero-order chi connectivity index (χ0) is 11.3.